The topological polar surface area (TPSA) is 29.5 Å². The van der Waals surface area contributed by atoms with Gasteiger partial charge in [0.25, 0.3) is 0 Å². The summed E-state index contributed by atoms with van der Waals surface area (Å²) in [5.74, 6) is 2.03. The Balaban J connectivity index is 1.75. The fourth-order valence-corrected chi connectivity index (χ4v) is 3.79. The fourth-order valence-electron chi connectivity index (χ4n) is 3.79. The highest BCUT2D eigenvalue weighted by molar-refractivity contribution is 5.21. The summed E-state index contributed by atoms with van der Waals surface area (Å²) in [5, 5.41) is 9.98. The Kier molecular flexibility index (Phi) is 1.25. The van der Waals surface area contributed by atoms with Gasteiger partial charge in [0.1, 0.15) is 0 Å². The summed E-state index contributed by atoms with van der Waals surface area (Å²) < 4.78 is 5.68. The van der Waals surface area contributed by atoms with Crippen molar-refractivity contribution in [3.8, 4) is 0 Å². The first-order valence-corrected chi connectivity index (χ1v) is 5.10. The van der Waals surface area contributed by atoms with Gasteiger partial charge in [-0.3, -0.25) is 0 Å². The molecule has 2 heteroatoms. The maximum atomic E-state index is 9.98. The van der Waals surface area contributed by atoms with Crippen LogP contribution in [0.4, 0.5) is 0 Å². The summed E-state index contributed by atoms with van der Waals surface area (Å²) in [5.41, 5.74) is -0.247. The molecule has 0 aromatic heterocycles. The number of hydrogen-bond acceptors (Lipinski definition) is 2. The van der Waals surface area contributed by atoms with Gasteiger partial charge in [-0.15, -0.1) is 0 Å². The van der Waals surface area contributed by atoms with E-state index in [1.165, 1.54) is 6.42 Å². The van der Waals surface area contributed by atoms with Crippen LogP contribution in [0.3, 0.4) is 0 Å². The van der Waals surface area contributed by atoms with Gasteiger partial charge in [-0.25, -0.2) is 0 Å². The highest BCUT2D eigenvalue weighted by atomic mass is 16.5. The van der Waals surface area contributed by atoms with Gasteiger partial charge in [-0.05, 0) is 43.9 Å². The minimum Gasteiger partial charge on any atom is -0.390 e. The van der Waals surface area contributed by atoms with Gasteiger partial charge in [0.15, 0.2) is 0 Å². The monoisotopic (exact) mass is 168 g/mol. The van der Waals surface area contributed by atoms with Crippen LogP contribution in [-0.4, -0.2) is 23.4 Å². The highest BCUT2D eigenvalue weighted by Crippen LogP contribution is 2.68. The molecule has 2 nitrogen and oxygen atoms in total. The van der Waals surface area contributed by atoms with Gasteiger partial charge < -0.3 is 9.84 Å². The SMILES string of the molecule is CCOC1C2CCC3(O)CC1C23. The predicted octanol–water partition coefficient (Wildman–Crippen LogP) is 1.18. The van der Waals surface area contributed by atoms with Crippen LogP contribution in [0.25, 0.3) is 0 Å². The molecule has 3 aliphatic rings. The zero-order valence-electron chi connectivity index (χ0n) is 7.49. The normalized spacial score (nSPS) is 60.5. The van der Waals surface area contributed by atoms with Gasteiger partial charge in [-0.2, -0.15) is 0 Å². The standard InChI is InChI=1S/C10H16O2/c1-2-12-9-6-3-4-10(11)5-7(9)8(6)10/h6-9,11H,2-5H2,1H3. The smallest absolute Gasteiger partial charge is 0.0686 e. The van der Waals surface area contributed by atoms with Crippen LogP contribution in [0.1, 0.15) is 26.2 Å². The van der Waals surface area contributed by atoms with Crippen LogP contribution < -0.4 is 0 Å². The third-order valence-electron chi connectivity index (χ3n) is 4.25. The summed E-state index contributed by atoms with van der Waals surface area (Å²) in [4.78, 5) is 0. The molecule has 5 atom stereocenters. The van der Waals surface area contributed by atoms with Crippen LogP contribution in [-0.2, 0) is 4.74 Å². The van der Waals surface area contributed by atoms with E-state index in [0.717, 1.165) is 19.4 Å². The number of rotatable bonds is 2. The second-order valence-corrected chi connectivity index (χ2v) is 4.62. The van der Waals surface area contributed by atoms with E-state index < -0.39 is 0 Å². The van der Waals surface area contributed by atoms with E-state index in [9.17, 15) is 5.11 Å². The third-order valence-corrected chi connectivity index (χ3v) is 4.25. The summed E-state index contributed by atoms with van der Waals surface area (Å²) in [6.07, 6.45) is 3.74. The molecule has 1 N–H and O–H groups in total. The van der Waals surface area contributed by atoms with Crippen molar-refractivity contribution < 1.29 is 9.84 Å². The molecule has 0 bridgehead atoms. The highest BCUT2D eigenvalue weighted by Gasteiger charge is 2.71. The molecule has 3 saturated carbocycles. The van der Waals surface area contributed by atoms with Crippen LogP contribution in [0.2, 0.25) is 0 Å². The Morgan fingerprint density at radius 2 is 2.33 bits per heavy atom. The largest absolute Gasteiger partial charge is 0.390 e. The van der Waals surface area contributed by atoms with Crippen molar-refractivity contribution in [2.45, 2.75) is 37.9 Å². The van der Waals surface area contributed by atoms with Crippen molar-refractivity contribution in [3.63, 3.8) is 0 Å². The van der Waals surface area contributed by atoms with E-state index >= 15 is 0 Å². The first kappa shape index (κ1) is 7.34. The maximum Gasteiger partial charge on any atom is 0.0686 e. The minimum atomic E-state index is -0.247. The van der Waals surface area contributed by atoms with Gasteiger partial charge in [0.05, 0.1) is 11.7 Å². The summed E-state index contributed by atoms with van der Waals surface area (Å²) in [7, 11) is 0. The third kappa shape index (κ3) is 0.612. The predicted molar refractivity (Wildman–Crippen MR) is 44.7 cm³/mol. The molecule has 0 saturated heterocycles. The molecule has 0 aliphatic heterocycles. The number of aliphatic hydroxyl groups is 1. The van der Waals surface area contributed by atoms with E-state index in [1.54, 1.807) is 0 Å². The van der Waals surface area contributed by atoms with E-state index in [2.05, 4.69) is 6.92 Å². The molecule has 5 unspecified atom stereocenters. The maximum absolute atomic E-state index is 9.98. The lowest BCUT2D eigenvalue weighted by Crippen LogP contribution is -2.67. The minimum absolute atomic E-state index is 0.247. The number of ether oxygens (including phenoxy) is 1. The van der Waals surface area contributed by atoms with Crippen molar-refractivity contribution in [2.75, 3.05) is 6.61 Å². The summed E-state index contributed by atoms with van der Waals surface area (Å²) in [6, 6.07) is 0. The van der Waals surface area contributed by atoms with Crippen molar-refractivity contribution in [1.82, 2.24) is 0 Å². The zero-order chi connectivity index (χ0) is 8.34. The van der Waals surface area contributed by atoms with Crippen molar-refractivity contribution >= 4 is 0 Å². The Morgan fingerprint density at radius 1 is 1.50 bits per heavy atom. The molecule has 0 aromatic carbocycles. The second-order valence-electron chi connectivity index (χ2n) is 4.62. The zero-order valence-corrected chi connectivity index (χ0v) is 7.49. The van der Waals surface area contributed by atoms with Gasteiger partial charge in [-0.1, -0.05) is 0 Å². The lowest BCUT2D eigenvalue weighted by atomic mass is 9.48. The van der Waals surface area contributed by atoms with E-state index in [1.807, 2.05) is 0 Å². The van der Waals surface area contributed by atoms with Gasteiger partial charge in [0.2, 0.25) is 0 Å². The molecular formula is C10H16O2. The summed E-state index contributed by atoms with van der Waals surface area (Å²) in [6.45, 7) is 2.90. The molecule has 0 spiro atoms. The second kappa shape index (κ2) is 2.05. The first-order chi connectivity index (χ1) is 5.76. The summed E-state index contributed by atoms with van der Waals surface area (Å²) >= 11 is 0. The molecule has 3 fully saturated rings. The average Bonchev–Trinajstić information content (AvgIpc) is 2.18. The Hall–Kier alpha value is -0.0800. The van der Waals surface area contributed by atoms with Gasteiger partial charge >= 0.3 is 0 Å². The van der Waals surface area contributed by atoms with Crippen molar-refractivity contribution in [3.05, 3.63) is 0 Å². The van der Waals surface area contributed by atoms with E-state index in [-0.39, 0.29) is 5.60 Å². The fraction of sp³-hybridized carbons (Fsp3) is 1.00. The molecule has 12 heavy (non-hydrogen) atoms. The lowest BCUT2D eigenvalue weighted by molar-refractivity contribution is -0.254. The Morgan fingerprint density at radius 3 is 3.08 bits per heavy atom. The molecule has 0 heterocycles. The average molecular weight is 168 g/mol. The van der Waals surface area contributed by atoms with Gasteiger partial charge in [0, 0.05) is 6.61 Å². The Labute approximate surface area is 72.9 Å². The molecule has 3 rings (SSSR count). The van der Waals surface area contributed by atoms with Crippen LogP contribution >= 0.6 is 0 Å². The molecule has 0 amide bonds. The quantitative estimate of drug-likeness (QED) is 0.671. The first-order valence-electron chi connectivity index (χ1n) is 5.10. The van der Waals surface area contributed by atoms with E-state index in [0.29, 0.717) is 23.9 Å². The number of hydrogen-bond donors (Lipinski definition) is 1. The molecule has 0 aromatic rings. The van der Waals surface area contributed by atoms with Crippen LogP contribution in [0, 0.1) is 17.8 Å². The molecule has 0 radical (unpaired) electrons. The lowest BCUT2D eigenvalue weighted by Gasteiger charge is -2.62. The van der Waals surface area contributed by atoms with E-state index in [4.69, 9.17) is 4.74 Å². The molecule has 3 aliphatic carbocycles. The molecule has 68 valence electrons. The van der Waals surface area contributed by atoms with Crippen molar-refractivity contribution in [1.29, 1.82) is 0 Å². The Bertz CT molecular complexity index is 216. The van der Waals surface area contributed by atoms with Crippen molar-refractivity contribution in [2.24, 2.45) is 17.8 Å². The van der Waals surface area contributed by atoms with Crippen LogP contribution in [0.15, 0.2) is 0 Å². The van der Waals surface area contributed by atoms with Crippen LogP contribution in [0.5, 0.6) is 0 Å². The molecular weight excluding hydrogens is 152 g/mol.